The molecule has 1 aromatic carbocycles. The predicted octanol–water partition coefficient (Wildman–Crippen LogP) is 3.15. The first-order valence-corrected chi connectivity index (χ1v) is 8.38. The summed E-state index contributed by atoms with van der Waals surface area (Å²) in [7, 11) is 2.19. The Bertz CT molecular complexity index is 540. The first-order chi connectivity index (χ1) is 10.3. The Labute approximate surface area is 134 Å². The van der Waals surface area contributed by atoms with Crippen molar-refractivity contribution < 1.29 is 4.79 Å². The molecule has 0 atom stereocenters. The number of amides is 1. The fourth-order valence-electron chi connectivity index (χ4n) is 3.61. The van der Waals surface area contributed by atoms with E-state index in [1.54, 1.807) is 0 Å². The molecule has 22 heavy (non-hydrogen) atoms. The molecule has 2 saturated heterocycles. The minimum absolute atomic E-state index is 0.135. The summed E-state index contributed by atoms with van der Waals surface area (Å²) >= 11 is 0. The number of rotatable bonds is 1. The van der Waals surface area contributed by atoms with Crippen molar-refractivity contribution in [3.8, 4) is 0 Å². The predicted molar refractivity (Wildman–Crippen MR) is 90.2 cm³/mol. The van der Waals surface area contributed by atoms with Gasteiger partial charge < -0.3 is 9.80 Å². The summed E-state index contributed by atoms with van der Waals surface area (Å²) in [4.78, 5) is 17.0. The van der Waals surface area contributed by atoms with Gasteiger partial charge in [-0.25, -0.2) is 0 Å². The normalized spacial score (nSPS) is 21.7. The molecule has 1 aromatic rings. The third-order valence-corrected chi connectivity index (χ3v) is 5.39. The molecule has 0 saturated carbocycles. The lowest BCUT2D eigenvalue weighted by Gasteiger charge is -2.53. The molecule has 3 nitrogen and oxygen atoms in total. The largest absolute Gasteiger partial charge is 0.337 e. The second kappa shape index (κ2) is 5.38. The molecular weight excluding hydrogens is 272 g/mol. The van der Waals surface area contributed by atoms with Gasteiger partial charge >= 0.3 is 0 Å². The monoisotopic (exact) mass is 300 g/mol. The Morgan fingerprint density at radius 2 is 1.59 bits per heavy atom. The zero-order valence-corrected chi connectivity index (χ0v) is 14.4. The molecule has 0 radical (unpaired) electrons. The maximum absolute atomic E-state index is 12.6. The van der Waals surface area contributed by atoms with Gasteiger partial charge in [0.15, 0.2) is 0 Å². The molecule has 0 N–H and O–H groups in total. The highest BCUT2D eigenvalue weighted by Gasteiger charge is 2.46. The van der Waals surface area contributed by atoms with E-state index in [4.69, 9.17) is 0 Å². The van der Waals surface area contributed by atoms with Gasteiger partial charge in [0, 0.05) is 24.1 Å². The summed E-state index contributed by atoms with van der Waals surface area (Å²) in [5, 5.41) is 0. The molecule has 0 unspecified atom stereocenters. The van der Waals surface area contributed by atoms with Crippen molar-refractivity contribution in [1.82, 2.24) is 9.80 Å². The number of carbonyl (C=O) groups is 1. The SMILES string of the molecule is CN1CCC2(CC1)CN(C(=O)c1ccc(C(C)(C)C)cc1)C2. The van der Waals surface area contributed by atoms with Crippen LogP contribution in [0.2, 0.25) is 0 Å². The highest BCUT2D eigenvalue weighted by molar-refractivity contribution is 5.94. The van der Waals surface area contributed by atoms with Crippen molar-refractivity contribution in [2.45, 2.75) is 39.0 Å². The van der Waals surface area contributed by atoms with Crippen LogP contribution in [-0.2, 0) is 5.41 Å². The van der Waals surface area contributed by atoms with Crippen LogP contribution in [0.3, 0.4) is 0 Å². The zero-order chi connectivity index (χ0) is 16.0. The Kier molecular flexibility index (Phi) is 3.80. The van der Waals surface area contributed by atoms with Crippen LogP contribution in [0.1, 0.15) is 49.5 Å². The molecule has 2 heterocycles. The fraction of sp³-hybridized carbons (Fsp3) is 0.632. The van der Waals surface area contributed by atoms with Crippen molar-refractivity contribution in [2.24, 2.45) is 5.41 Å². The molecule has 1 amide bonds. The van der Waals surface area contributed by atoms with Crippen LogP contribution >= 0.6 is 0 Å². The number of likely N-dealkylation sites (tertiary alicyclic amines) is 2. The van der Waals surface area contributed by atoms with Crippen LogP contribution in [0.5, 0.6) is 0 Å². The number of carbonyl (C=O) groups excluding carboxylic acids is 1. The van der Waals surface area contributed by atoms with Gasteiger partial charge in [-0.05, 0) is 56.1 Å². The molecule has 0 aliphatic carbocycles. The van der Waals surface area contributed by atoms with Crippen LogP contribution in [0.4, 0.5) is 0 Å². The molecule has 0 aromatic heterocycles. The van der Waals surface area contributed by atoms with Crippen molar-refractivity contribution >= 4 is 5.91 Å². The van der Waals surface area contributed by atoms with E-state index < -0.39 is 0 Å². The van der Waals surface area contributed by atoms with E-state index >= 15 is 0 Å². The molecule has 1 spiro atoms. The Morgan fingerprint density at radius 1 is 1.05 bits per heavy atom. The van der Waals surface area contributed by atoms with E-state index in [1.165, 1.54) is 31.5 Å². The highest BCUT2D eigenvalue weighted by Crippen LogP contribution is 2.40. The van der Waals surface area contributed by atoms with Crippen molar-refractivity contribution in [2.75, 3.05) is 33.2 Å². The minimum Gasteiger partial charge on any atom is -0.337 e. The average Bonchev–Trinajstić information content (AvgIpc) is 2.45. The molecular formula is C19H28N2O. The lowest BCUT2D eigenvalue weighted by molar-refractivity contribution is -0.0283. The van der Waals surface area contributed by atoms with Crippen LogP contribution in [-0.4, -0.2) is 48.9 Å². The second-order valence-corrected chi connectivity index (χ2v) is 8.29. The molecule has 3 rings (SSSR count). The summed E-state index contributed by atoms with van der Waals surface area (Å²) < 4.78 is 0. The fourth-order valence-corrected chi connectivity index (χ4v) is 3.61. The summed E-state index contributed by atoms with van der Waals surface area (Å²) in [6.45, 7) is 10.8. The zero-order valence-electron chi connectivity index (χ0n) is 14.4. The topological polar surface area (TPSA) is 23.6 Å². The number of nitrogens with zero attached hydrogens (tertiary/aromatic N) is 2. The number of hydrogen-bond donors (Lipinski definition) is 0. The van der Waals surface area contributed by atoms with E-state index in [-0.39, 0.29) is 11.3 Å². The van der Waals surface area contributed by atoms with Crippen LogP contribution in [0.15, 0.2) is 24.3 Å². The molecule has 2 aliphatic rings. The van der Waals surface area contributed by atoms with Gasteiger partial charge in [-0.1, -0.05) is 32.9 Å². The smallest absolute Gasteiger partial charge is 0.253 e. The van der Waals surface area contributed by atoms with Gasteiger partial charge in [0.25, 0.3) is 5.91 Å². The van der Waals surface area contributed by atoms with Gasteiger partial charge in [0.1, 0.15) is 0 Å². The molecule has 0 bridgehead atoms. The number of benzene rings is 1. The van der Waals surface area contributed by atoms with Crippen LogP contribution in [0.25, 0.3) is 0 Å². The molecule has 2 fully saturated rings. The van der Waals surface area contributed by atoms with Crippen LogP contribution < -0.4 is 0 Å². The first-order valence-electron chi connectivity index (χ1n) is 8.38. The molecule has 3 heteroatoms. The van der Waals surface area contributed by atoms with Crippen molar-refractivity contribution in [3.05, 3.63) is 35.4 Å². The van der Waals surface area contributed by atoms with Gasteiger partial charge in [-0.3, -0.25) is 4.79 Å². The van der Waals surface area contributed by atoms with E-state index in [9.17, 15) is 4.79 Å². The van der Waals surface area contributed by atoms with E-state index in [0.717, 1.165) is 18.7 Å². The Hall–Kier alpha value is -1.35. The van der Waals surface area contributed by atoms with Gasteiger partial charge in [0.2, 0.25) is 0 Å². The summed E-state index contributed by atoms with van der Waals surface area (Å²) in [6.07, 6.45) is 2.46. The average molecular weight is 300 g/mol. The molecule has 120 valence electrons. The molecule has 2 aliphatic heterocycles. The summed E-state index contributed by atoms with van der Waals surface area (Å²) in [5.41, 5.74) is 2.65. The van der Waals surface area contributed by atoms with Gasteiger partial charge in [-0.2, -0.15) is 0 Å². The quantitative estimate of drug-likeness (QED) is 0.795. The summed E-state index contributed by atoms with van der Waals surface area (Å²) in [6, 6.07) is 8.17. The third-order valence-electron chi connectivity index (χ3n) is 5.39. The Balaban J connectivity index is 1.62. The van der Waals surface area contributed by atoms with Crippen molar-refractivity contribution in [3.63, 3.8) is 0 Å². The van der Waals surface area contributed by atoms with E-state index in [2.05, 4.69) is 44.9 Å². The third kappa shape index (κ3) is 2.91. The maximum Gasteiger partial charge on any atom is 0.253 e. The lowest BCUT2D eigenvalue weighted by Crippen LogP contribution is -2.61. The number of piperidine rings is 1. The van der Waals surface area contributed by atoms with Gasteiger partial charge in [-0.15, -0.1) is 0 Å². The lowest BCUT2D eigenvalue weighted by atomic mass is 9.72. The standard InChI is InChI=1S/C19H28N2O/c1-18(2,3)16-7-5-15(6-8-16)17(22)21-13-19(14-21)9-11-20(4)12-10-19/h5-8H,9-14H2,1-4H3. The minimum atomic E-state index is 0.135. The highest BCUT2D eigenvalue weighted by atomic mass is 16.2. The van der Waals surface area contributed by atoms with Gasteiger partial charge in [0.05, 0.1) is 0 Å². The number of hydrogen-bond acceptors (Lipinski definition) is 2. The van der Waals surface area contributed by atoms with Crippen molar-refractivity contribution in [1.29, 1.82) is 0 Å². The first kappa shape index (κ1) is 15.5. The van der Waals surface area contributed by atoms with E-state index in [0.29, 0.717) is 5.41 Å². The van der Waals surface area contributed by atoms with E-state index in [1.807, 2.05) is 17.0 Å². The Morgan fingerprint density at radius 3 is 2.09 bits per heavy atom. The summed E-state index contributed by atoms with van der Waals surface area (Å²) in [5.74, 6) is 0.199. The van der Waals surface area contributed by atoms with Crippen LogP contribution in [0, 0.1) is 5.41 Å². The maximum atomic E-state index is 12.6. The second-order valence-electron chi connectivity index (χ2n) is 8.29.